The Morgan fingerprint density at radius 2 is 1.96 bits per heavy atom. The van der Waals surface area contributed by atoms with Crippen molar-refractivity contribution >= 4 is 11.9 Å². The van der Waals surface area contributed by atoms with Gasteiger partial charge in [0, 0.05) is 0 Å². The molecule has 0 bridgehead atoms. The number of ether oxygens (including phenoxy) is 1. The Morgan fingerprint density at radius 3 is 2.74 bits per heavy atom. The van der Waals surface area contributed by atoms with Gasteiger partial charge >= 0.3 is 5.97 Å². The molecular formula is C18H19NO4. The second-order valence-corrected chi connectivity index (χ2v) is 5.62. The second kappa shape index (κ2) is 7.13. The van der Waals surface area contributed by atoms with Crippen molar-refractivity contribution in [1.29, 1.82) is 0 Å². The molecule has 1 aromatic carbocycles. The molecule has 1 N–H and O–H groups in total. The van der Waals surface area contributed by atoms with Gasteiger partial charge in [0.2, 0.25) is 0 Å². The number of rotatable bonds is 5. The van der Waals surface area contributed by atoms with E-state index >= 15 is 0 Å². The SMILES string of the molecule is O=C(COC(=O)c1ccc2c(c1)CCCC2)NCc1ccco1. The normalized spacial score (nSPS) is 13.2. The molecule has 0 aliphatic heterocycles. The van der Waals surface area contributed by atoms with Crippen LogP contribution in [0.3, 0.4) is 0 Å². The molecule has 3 rings (SSSR count). The number of aryl methyl sites for hydroxylation is 2. The minimum absolute atomic E-state index is 0.280. The van der Waals surface area contributed by atoms with Gasteiger partial charge in [0.15, 0.2) is 6.61 Å². The Bertz CT molecular complexity index is 691. The van der Waals surface area contributed by atoms with Crippen molar-refractivity contribution in [2.24, 2.45) is 0 Å². The summed E-state index contributed by atoms with van der Waals surface area (Å²) in [5, 5.41) is 2.63. The van der Waals surface area contributed by atoms with E-state index in [4.69, 9.17) is 9.15 Å². The number of amides is 1. The van der Waals surface area contributed by atoms with Gasteiger partial charge in [-0.05, 0) is 61.1 Å². The van der Waals surface area contributed by atoms with Crippen molar-refractivity contribution in [2.45, 2.75) is 32.2 Å². The standard InChI is InChI=1S/C18H19NO4/c20-17(19-11-16-6-3-9-22-16)12-23-18(21)15-8-7-13-4-1-2-5-14(13)10-15/h3,6-10H,1-2,4-5,11-12H2,(H,19,20). The highest BCUT2D eigenvalue weighted by atomic mass is 16.5. The highest BCUT2D eigenvalue weighted by Crippen LogP contribution is 2.22. The number of carbonyl (C=O) groups excluding carboxylic acids is 2. The maximum absolute atomic E-state index is 12.0. The van der Waals surface area contributed by atoms with Gasteiger partial charge in [-0.25, -0.2) is 4.79 Å². The molecule has 120 valence electrons. The van der Waals surface area contributed by atoms with Gasteiger partial charge in [-0.3, -0.25) is 4.79 Å². The molecule has 5 heteroatoms. The van der Waals surface area contributed by atoms with E-state index in [0.29, 0.717) is 11.3 Å². The van der Waals surface area contributed by atoms with Gasteiger partial charge < -0.3 is 14.5 Å². The number of esters is 1. The summed E-state index contributed by atoms with van der Waals surface area (Å²) in [6, 6.07) is 9.16. The number of hydrogen-bond acceptors (Lipinski definition) is 4. The molecule has 0 unspecified atom stereocenters. The smallest absolute Gasteiger partial charge is 0.338 e. The first-order valence-corrected chi connectivity index (χ1v) is 7.80. The van der Waals surface area contributed by atoms with Crippen LogP contribution in [-0.4, -0.2) is 18.5 Å². The number of nitrogens with one attached hydrogen (secondary N) is 1. The third kappa shape index (κ3) is 4.00. The van der Waals surface area contributed by atoms with Crippen molar-refractivity contribution in [3.05, 3.63) is 59.0 Å². The summed E-state index contributed by atoms with van der Waals surface area (Å²) < 4.78 is 10.2. The zero-order chi connectivity index (χ0) is 16.1. The summed E-state index contributed by atoms with van der Waals surface area (Å²) >= 11 is 0. The van der Waals surface area contributed by atoms with Gasteiger partial charge in [-0.15, -0.1) is 0 Å². The number of hydrogen-bond donors (Lipinski definition) is 1. The molecule has 2 aromatic rings. The van der Waals surface area contributed by atoms with E-state index in [1.54, 1.807) is 18.2 Å². The number of carbonyl (C=O) groups is 2. The zero-order valence-electron chi connectivity index (χ0n) is 12.8. The molecule has 23 heavy (non-hydrogen) atoms. The van der Waals surface area contributed by atoms with E-state index in [9.17, 15) is 9.59 Å². The quantitative estimate of drug-likeness (QED) is 0.862. The summed E-state index contributed by atoms with van der Waals surface area (Å²) in [6.45, 7) is -0.0150. The fraction of sp³-hybridized carbons (Fsp3) is 0.333. The van der Waals surface area contributed by atoms with Crippen LogP contribution in [0.15, 0.2) is 41.0 Å². The van der Waals surface area contributed by atoms with Crippen molar-refractivity contribution in [1.82, 2.24) is 5.32 Å². The van der Waals surface area contributed by atoms with E-state index in [1.165, 1.54) is 23.8 Å². The van der Waals surface area contributed by atoms with Crippen LogP contribution in [0, 0.1) is 0 Å². The lowest BCUT2D eigenvalue weighted by Gasteiger charge is -2.16. The van der Waals surface area contributed by atoms with E-state index in [0.717, 1.165) is 19.3 Å². The molecule has 1 aromatic heterocycles. The predicted molar refractivity (Wildman–Crippen MR) is 83.9 cm³/mol. The van der Waals surface area contributed by atoms with E-state index < -0.39 is 5.97 Å². The molecule has 0 radical (unpaired) electrons. The van der Waals surface area contributed by atoms with Gasteiger partial charge in [-0.1, -0.05) is 6.07 Å². The van der Waals surface area contributed by atoms with Crippen LogP contribution in [0.1, 0.15) is 40.1 Å². The Labute approximate surface area is 134 Å². The van der Waals surface area contributed by atoms with Crippen molar-refractivity contribution in [3.8, 4) is 0 Å². The molecule has 5 nitrogen and oxygen atoms in total. The maximum atomic E-state index is 12.0. The molecule has 0 saturated heterocycles. The van der Waals surface area contributed by atoms with Crippen LogP contribution in [0.2, 0.25) is 0 Å². The topological polar surface area (TPSA) is 68.5 Å². The summed E-state index contributed by atoms with van der Waals surface area (Å²) in [4.78, 5) is 23.7. The molecule has 0 spiro atoms. The van der Waals surface area contributed by atoms with Crippen LogP contribution in [-0.2, 0) is 28.9 Å². The minimum Gasteiger partial charge on any atom is -0.467 e. The monoisotopic (exact) mass is 313 g/mol. The van der Waals surface area contributed by atoms with Crippen molar-refractivity contribution in [3.63, 3.8) is 0 Å². The van der Waals surface area contributed by atoms with Crippen molar-refractivity contribution in [2.75, 3.05) is 6.61 Å². The number of furan rings is 1. The molecule has 1 aliphatic rings. The first-order chi connectivity index (χ1) is 11.2. The van der Waals surface area contributed by atoms with Gasteiger partial charge in [-0.2, -0.15) is 0 Å². The first kappa shape index (κ1) is 15.3. The van der Waals surface area contributed by atoms with Crippen LogP contribution < -0.4 is 5.32 Å². The molecule has 0 atom stereocenters. The lowest BCUT2D eigenvalue weighted by molar-refractivity contribution is -0.124. The number of benzene rings is 1. The van der Waals surface area contributed by atoms with Gasteiger partial charge in [0.05, 0.1) is 18.4 Å². The molecule has 1 amide bonds. The largest absolute Gasteiger partial charge is 0.467 e. The zero-order valence-corrected chi connectivity index (χ0v) is 12.8. The Kier molecular flexibility index (Phi) is 4.76. The van der Waals surface area contributed by atoms with E-state index in [-0.39, 0.29) is 19.1 Å². The fourth-order valence-corrected chi connectivity index (χ4v) is 2.72. The lowest BCUT2D eigenvalue weighted by Crippen LogP contribution is -2.28. The van der Waals surface area contributed by atoms with Crippen molar-refractivity contribution < 1.29 is 18.7 Å². The average molecular weight is 313 g/mol. The molecule has 0 fully saturated rings. The summed E-state index contributed by atoms with van der Waals surface area (Å²) in [5.41, 5.74) is 3.03. The average Bonchev–Trinajstić information content (AvgIpc) is 3.11. The lowest BCUT2D eigenvalue weighted by atomic mass is 9.90. The molecule has 0 saturated carbocycles. The van der Waals surface area contributed by atoms with Crippen LogP contribution in [0.5, 0.6) is 0 Å². The summed E-state index contributed by atoms with van der Waals surface area (Å²) in [5.74, 6) is -0.168. The van der Waals surface area contributed by atoms with Crippen LogP contribution >= 0.6 is 0 Å². The highest BCUT2D eigenvalue weighted by molar-refractivity contribution is 5.91. The van der Waals surface area contributed by atoms with Crippen LogP contribution in [0.25, 0.3) is 0 Å². The predicted octanol–water partition coefficient (Wildman–Crippen LogP) is 2.63. The van der Waals surface area contributed by atoms with E-state index in [1.807, 2.05) is 12.1 Å². The molecule has 1 heterocycles. The maximum Gasteiger partial charge on any atom is 0.338 e. The summed E-state index contributed by atoms with van der Waals surface area (Å²) in [6.07, 6.45) is 5.96. The number of fused-ring (bicyclic) bond motifs is 1. The molecule has 1 aliphatic carbocycles. The molecular weight excluding hydrogens is 294 g/mol. The minimum atomic E-state index is -0.466. The summed E-state index contributed by atoms with van der Waals surface area (Å²) in [7, 11) is 0. The van der Waals surface area contributed by atoms with Gasteiger partial charge in [0.1, 0.15) is 5.76 Å². The highest BCUT2D eigenvalue weighted by Gasteiger charge is 2.14. The Morgan fingerprint density at radius 1 is 1.13 bits per heavy atom. The first-order valence-electron chi connectivity index (χ1n) is 7.80. The van der Waals surface area contributed by atoms with E-state index in [2.05, 4.69) is 5.32 Å². The van der Waals surface area contributed by atoms with Crippen LogP contribution in [0.4, 0.5) is 0 Å². The second-order valence-electron chi connectivity index (χ2n) is 5.62. The van der Waals surface area contributed by atoms with Gasteiger partial charge in [0.25, 0.3) is 5.91 Å². The third-order valence-electron chi connectivity index (χ3n) is 3.96. The Balaban J connectivity index is 1.50. The Hall–Kier alpha value is -2.56. The third-order valence-corrected chi connectivity index (χ3v) is 3.96. The fourth-order valence-electron chi connectivity index (χ4n) is 2.72.